The van der Waals surface area contributed by atoms with Gasteiger partial charge in [0.25, 0.3) is 0 Å². The highest BCUT2D eigenvalue weighted by atomic mass is 79.9. The maximum Gasteiger partial charge on any atom is 0.225 e. The van der Waals surface area contributed by atoms with E-state index in [0.29, 0.717) is 22.2 Å². The van der Waals surface area contributed by atoms with Crippen molar-refractivity contribution in [2.75, 3.05) is 0 Å². The number of benzene rings is 1. The van der Waals surface area contributed by atoms with Gasteiger partial charge in [-0.05, 0) is 53.2 Å². The van der Waals surface area contributed by atoms with E-state index in [1.54, 1.807) is 43.5 Å². The van der Waals surface area contributed by atoms with Crippen molar-refractivity contribution < 1.29 is 9.84 Å². The lowest BCUT2D eigenvalue weighted by Gasteiger charge is -2.12. The molecule has 0 saturated carbocycles. The summed E-state index contributed by atoms with van der Waals surface area (Å²) >= 11 is 9.23. The molecule has 5 heteroatoms. The Balaban J connectivity index is 2.34. The number of nitrogens with zero attached hydrogens (tertiary/aromatic N) is 1. The first-order valence-corrected chi connectivity index (χ1v) is 6.51. The van der Waals surface area contributed by atoms with Gasteiger partial charge in [-0.3, -0.25) is 0 Å². The van der Waals surface area contributed by atoms with E-state index in [-0.39, 0.29) is 0 Å². The number of aliphatic hydroxyl groups is 1. The lowest BCUT2D eigenvalue weighted by Crippen LogP contribution is -1.98. The molecular formula is C13H11BrClNO2. The van der Waals surface area contributed by atoms with Crippen molar-refractivity contribution in [3.8, 4) is 11.6 Å². The van der Waals surface area contributed by atoms with Crippen molar-refractivity contribution in [1.82, 2.24) is 4.98 Å². The van der Waals surface area contributed by atoms with E-state index in [4.69, 9.17) is 16.3 Å². The number of rotatable bonds is 3. The summed E-state index contributed by atoms with van der Waals surface area (Å²) in [6.45, 7) is 1.67. The minimum Gasteiger partial charge on any atom is -0.437 e. The second kappa shape index (κ2) is 5.69. The molecule has 18 heavy (non-hydrogen) atoms. The molecule has 0 bridgehead atoms. The molecule has 0 radical (unpaired) electrons. The van der Waals surface area contributed by atoms with Crippen LogP contribution in [0.25, 0.3) is 0 Å². The third-order valence-corrected chi connectivity index (χ3v) is 3.21. The molecule has 1 aromatic carbocycles. The van der Waals surface area contributed by atoms with Crippen molar-refractivity contribution in [3.63, 3.8) is 0 Å². The molecule has 0 spiro atoms. The summed E-state index contributed by atoms with van der Waals surface area (Å²) in [5.41, 5.74) is 0.638. The van der Waals surface area contributed by atoms with Crippen LogP contribution in [0.2, 0.25) is 5.02 Å². The number of aliphatic hydroxyl groups excluding tert-OH is 1. The molecule has 0 amide bonds. The van der Waals surface area contributed by atoms with Gasteiger partial charge in [-0.2, -0.15) is 0 Å². The van der Waals surface area contributed by atoms with Gasteiger partial charge in [0.15, 0.2) is 0 Å². The van der Waals surface area contributed by atoms with E-state index in [1.165, 1.54) is 0 Å². The zero-order valence-corrected chi connectivity index (χ0v) is 11.9. The Kier molecular flexibility index (Phi) is 4.22. The van der Waals surface area contributed by atoms with Gasteiger partial charge in [0, 0.05) is 16.8 Å². The van der Waals surface area contributed by atoms with Crippen LogP contribution in [0.5, 0.6) is 11.6 Å². The molecule has 0 unspecified atom stereocenters. The van der Waals surface area contributed by atoms with Crippen LogP contribution in [0, 0.1) is 0 Å². The minimum atomic E-state index is -0.639. The van der Waals surface area contributed by atoms with Crippen molar-refractivity contribution >= 4 is 27.5 Å². The average Bonchev–Trinajstić information content (AvgIpc) is 2.33. The quantitative estimate of drug-likeness (QED) is 0.911. The Morgan fingerprint density at radius 3 is 2.83 bits per heavy atom. The zero-order valence-electron chi connectivity index (χ0n) is 9.60. The first-order valence-electron chi connectivity index (χ1n) is 5.34. The van der Waals surface area contributed by atoms with Crippen LogP contribution < -0.4 is 4.74 Å². The van der Waals surface area contributed by atoms with Gasteiger partial charge in [0.1, 0.15) is 5.75 Å². The molecule has 0 aliphatic heterocycles. The van der Waals surface area contributed by atoms with Crippen LogP contribution in [-0.4, -0.2) is 10.1 Å². The molecule has 1 aromatic heterocycles. The molecule has 0 saturated heterocycles. The summed E-state index contributed by atoms with van der Waals surface area (Å²) in [4.78, 5) is 4.12. The molecule has 0 aliphatic rings. The second-order valence-electron chi connectivity index (χ2n) is 3.75. The van der Waals surface area contributed by atoms with Gasteiger partial charge in [-0.1, -0.05) is 11.6 Å². The molecule has 1 atom stereocenters. The lowest BCUT2D eigenvalue weighted by molar-refractivity contribution is 0.194. The van der Waals surface area contributed by atoms with Crippen LogP contribution in [0.3, 0.4) is 0 Å². The fraction of sp³-hybridized carbons (Fsp3) is 0.154. The standard InChI is InChI=1S/C13H11BrClNO2/c1-8(17)10-3-2-6-16-13(10)18-12-5-4-9(15)7-11(12)14/h2-8,17H,1H3/t8-/m0/s1. The van der Waals surface area contributed by atoms with Crippen molar-refractivity contribution in [1.29, 1.82) is 0 Å². The molecule has 2 rings (SSSR count). The summed E-state index contributed by atoms with van der Waals surface area (Å²) in [7, 11) is 0. The van der Waals surface area contributed by atoms with Gasteiger partial charge in [0.2, 0.25) is 5.88 Å². The zero-order chi connectivity index (χ0) is 13.1. The SMILES string of the molecule is C[C@H](O)c1cccnc1Oc1ccc(Cl)cc1Br. The van der Waals surface area contributed by atoms with Crippen molar-refractivity contribution in [3.05, 3.63) is 51.6 Å². The largest absolute Gasteiger partial charge is 0.437 e. The molecule has 0 fully saturated rings. The topological polar surface area (TPSA) is 42.4 Å². The smallest absolute Gasteiger partial charge is 0.225 e. The summed E-state index contributed by atoms with van der Waals surface area (Å²) in [5.74, 6) is 0.982. The Morgan fingerprint density at radius 1 is 1.39 bits per heavy atom. The molecule has 1 N–H and O–H groups in total. The molecule has 94 valence electrons. The highest BCUT2D eigenvalue weighted by molar-refractivity contribution is 9.10. The number of ether oxygens (including phenoxy) is 1. The molecular weight excluding hydrogens is 318 g/mol. The molecule has 1 heterocycles. The van der Waals surface area contributed by atoms with E-state index in [9.17, 15) is 5.11 Å². The molecule has 0 aliphatic carbocycles. The predicted octanol–water partition coefficient (Wildman–Crippen LogP) is 4.34. The maximum absolute atomic E-state index is 9.64. The Labute approximate surface area is 119 Å². The fourth-order valence-corrected chi connectivity index (χ4v) is 2.23. The van der Waals surface area contributed by atoms with Crippen molar-refractivity contribution in [2.45, 2.75) is 13.0 Å². The second-order valence-corrected chi connectivity index (χ2v) is 5.04. The minimum absolute atomic E-state index is 0.385. The van der Waals surface area contributed by atoms with E-state index in [1.807, 2.05) is 0 Å². The third-order valence-electron chi connectivity index (χ3n) is 2.35. The number of hydrogen-bond acceptors (Lipinski definition) is 3. The Morgan fingerprint density at radius 2 is 2.17 bits per heavy atom. The number of aromatic nitrogens is 1. The van der Waals surface area contributed by atoms with Gasteiger partial charge in [-0.25, -0.2) is 4.98 Å². The predicted molar refractivity (Wildman–Crippen MR) is 74.1 cm³/mol. The Bertz CT molecular complexity index is 560. The number of hydrogen-bond donors (Lipinski definition) is 1. The highest BCUT2D eigenvalue weighted by Gasteiger charge is 2.12. The Hall–Kier alpha value is -1.10. The van der Waals surface area contributed by atoms with Crippen LogP contribution in [0.4, 0.5) is 0 Å². The molecule has 3 nitrogen and oxygen atoms in total. The van der Waals surface area contributed by atoms with Gasteiger partial charge < -0.3 is 9.84 Å². The normalized spacial score (nSPS) is 12.2. The molecule has 2 aromatic rings. The van der Waals surface area contributed by atoms with Gasteiger partial charge in [0.05, 0.1) is 10.6 Å². The monoisotopic (exact) mass is 327 g/mol. The summed E-state index contributed by atoms with van der Waals surface area (Å²) in [5, 5.41) is 10.3. The van der Waals surface area contributed by atoms with E-state index in [2.05, 4.69) is 20.9 Å². The highest BCUT2D eigenvalue weighted by Crippen LogP contribution is 2.33. The fourth-order valence-electron chi connectivity index (χ4n) is 1.47. The summed E-state index contributed by atoms with van der Waals surface area (Å²) in [6.07, 6.45) is 0.977. The summed E-state index contributed by atoms with van der Waals surface area (Å²) < 4.78 is 6.41. The van der Waals surface area contributed by atoms with E-state index in [0.717, 1.165) is 4.47 Å². The third kappa shape index (κ3) is 3.02. The number of halogens is 2. The van der Waals surface area contributed by atoms with Crippen molar-refractivity contribution in [2.24, 2.45) is 0 Å². The van der Waals surface area contributed by atoms with E-state index < -0.39 is 6.10 Å². The van der Waals surface area contributed by atoms with Crippen LogP contribution in [0.15, 0.2) is 41.0 Å². The lowest BCUT2D eigenvalue weighted by atomic mass is 10.2. The first kappa shape index (κ1) is 13.3. The van der Waals surface area contributed by atoms with Crippen LogP contribution in [0.1, 0.15) is 18.6 Å². The first-order chi connectivity index (χ1) is 8.58. The van der Waals surface area contributed by atoms with Gasteiger partial charge >= 0.3 is 0 Å². The van der Waals surface area contributed by atoms with Gasteiger partial charge in [-0.15, -0.1) is 0 Å². The van der Waals surface area contributed by atoms with Crippen LogP contribution >= 0.6 is 27.5 Å². The average molecular weight is 329 g/mol. The van der Waals surface area contributed by atoms with E-state index >= 15 is 0 Å². The number of pyridine rings is 1. The summed E-state index contributed by atoms with van der Waals surface area (Å²) in [6, 6.07) is 8.74. The van der Waals surface area contributed by atoms with Crippen LogP contribution in [-0.2, 0) is 0 Å². The maximum atomic E-state index is 9.64.